The maximum atomic E-state index is 12.8. The molecule has 0 spiro atoms. The van der Waals surface area contributed by atoms with Gasteiger partial charge in [0, 0.05) is 6.54 Å². The summed E-state index contributed by atoms with van der Waals surface area (Å²) in [6, 6.07) is 0. The first-order valence-electron chi connectivity index (χ1n) is 3.34. The van der Waals surface area contributed by atoms with Gasteiger partial charge in [-0.25, -0.2) is 8.78 Å². The fourth-order valence-electron chi connectivity index (χ4n) is 0.857. The summed E-state index contributed by atoms with van der Waals surface area (Å²) in [4.78, 5) is 3.26. The van der Waals surface area contributed by atoms with Gasteiger partial charge in [0.05, 0.1) is 24.1 Å². The molecule has 0 fully saturated rings. The Hall–Kier alpha value is -1.07. The fraction of sp³-hybridized carbons (Fsp3) is 0.286. The van der Waals surface area contributed by atoms with Crippen LogP contribution in [0.15, 0.2) is 12.4 Å². The first-order valence-corrected chi connectivity index (χ1v) is 3.34. The molecule has 0 saturated carbocycles. The Morgan fingerprint density at radius 1 is 1.42 bits per heavy atom. The SMILES string of the molecule is NC[C@@H](O)c1c(F)cncc1F. The third kappa shape index (κ3) is 1.57. The molecular weight excluding hydrogens is 166 g/mol. The predicted octanol–water partition coefficient (Wildman–Crippen LogP) is 0.352. The molecule has 12 heavy (non-hydrogen) atoms. The van der Waals surface area contributed by atoms with Crippen LogP contribution < -0.4 is 5.73 Å². The first kappa shape index (κ1) is 9.02. The average Bonchev–Trinajstić information content (AvgIpc) is 2.03. The van der Waals surface area contributed by atoms with Crippen molar-refractivity contribution < 1.29 is 13.9 Å². The number of rotatable bonds is 2. The third-order valence-corrected chi connectivity index (χ3v) is 1.45. The Balaban J connectivity index is 3.12. The molecule has 0 saturated heterocycles. The van der Waals surface area contributed by atoms with Gasteiger partial charge in [0.25, 0.3) is 0 Å². The Bertz CT molecular complexity index is 260. The largest absolute Gasteiger partial charge is 0.387 e. The molecule has 5 heteroatoms. The van der Waals surface area contributed by atoms with Crippen molar-refractivity contribution in [1.82, 2.24) is 4.98 Å². The lowest BCUT2D eigenvalue weighted by atomic mass is 10.1. The summed E-state index contributed by atoms with van der Waals surface area (Å²) in [6.45, 7) is -0.224. The van der Waals surface area contributed by atoms with E-state index in [1.54, 1.807) is 0 Å². The number of pyridine rings is 1. The third-order valence-electron chi connectivity index (χ3n) is 1.45. The minimum absolute atomic E-state index is 0.224. The minimum atomic E-state index is -1.31. The second-order valence-corrected chi connectivity index (χ2v) is 2.27. The van der Waals surface area contributed by atoms with Crippen LogP contribution in [-0.2, 0) is 0 Å². The van der Waals surface area contributed by atoms with Crippen LogP contribution in [0.25, 0.3) is 0 Å². The molecular formula is C7H8F2N2O. The quantitative estimate of drug-likeness (QED) is 0.680. The van der Waals surface area contributed by atoms with Gasteiger partial charge in [-0.05, 0) is 0 Å². The summed E-state index contributed by atoms with van der Waals surface area (Å²) in [5.74, 6) is -1.76. The molecule has 1 aromatic rings. The van der Waals surface area contributed by atoms with E-state index in [4.69, 9.17) is 10.8 Å². The van der Waals surface area contributed by atoms with Crippen LogP contribution in [0.4, 0.5) is 8.78 Å². The normalized spacial score (nSPS) is 13.0. The zero-order chi connectivity index (χ0) is 9.14. The van der Waals surface area contributed by atoms with E-state index in [1.807, 2.05) is 0 Å². The highest BCUT2D eigenvalue weighted by Gasteiger charge is 2.16. The molecule has 0 unspecified atom stereocenters. The number of aliphatic hydroxyl groups excluding tert-OH is 1. The fourth-order valence-corrected chi connectivity index (χ4v) is 0.857. The molecule has 0 radical (unpaired) electrons. The maximum Gasteiger partial charge on any atom is 0.150 e. The lowest BCUT2D eigenvalue weighted by Gasteiger charge is -2.08. The second-order valence-electron chi connectivity index (χ2n) is 2.27. The molecule has 0 bridgehead atoms. The molecule has 1 atom stereocenters. The van der Waals surface area contributed by atoms with Gasteiger partial charge in [-0.3, -0.25) is 4.98 Å². The second kappa shape index (κ2) is 3.55. The Morgan fingerprint density at radius 2 is 1.92 bits per heavy atom. The van der Waals surface area contributed by atoms with E-state index in [9.17, 15) is 8.78 Å². The smallest absolute Gasteiger partial charge is 0.150 e. The Morgan fingerprint density at radius 3 is 2.33 bits per heavy atom. The van der Waals surface area contributed by atoms with Crippen LogP contribution in [-0.4, -0.2) is 16.6 Å². The standard InChI is InChI=1S/C7H8F2N2O/c8-4-2-11-3-5(9)7(4)6(12)1-10/h2-3,6,12H,1,10H2/t6-/m1/s1. The zero-order valence-corrected chi connectivity index (χ0v) is 6.17. The number of nitrogens with two attached hydrogens (primary N) is 1. The molecule has 0 aliphatic heterocycles. The number of hydrogen-bond donors (Lipinski definition) is 2. The topological polar surface area (TPSA) is 59.1 Å². The van der Waals surface area contributed by atoms with Crippen molar-refractivity contribution in [3.05, 3.63) is 29.6 Å². The molecule has 66 valence electrons. The monoisotopic (exact) mass is 174 g/mol. The van der Waals surface area contributed by atoms with Crippen molar-refractivity contribution in [1.29, 1.82) is 0 Å². The first-order chi connectivity index (χ1) is 5.66. The van der Waals surface area contributed by atoms with E-state index < -0.39 is 23.3 Å². The summed E-state index contributed by atoms with van der Waals surface area (Å²) in [5, 5.41) is 9.06. The van der Waals surface area contributed by atoms with E-state index in [0.29, 0.717) is 0 Å². The van der Waals surface area contributed by atoms with E-state index in [-0.39, 0.29) is 6.54 Å². The number of halogens is 2. The average molecular weight is 174 g/mol. The minimum Gasteiger partial charge on any atom is -0.387 e. The van der Waals surface area contributed by atoms with Crippen molar-refractivity contribution >= 4 is 0 Å². The maximum absolute atomic E-state index is 12.8. The van der Waals surface area contributed by atoms with Crippen LogP contribution in [0.2, 0.25) is 0 Å². The molecule has 1 heterocycles. The molecule has 0 aromatic carbocycles. The van der Waals surface area contributed by atoms with Crippen molar-refractivity contribution in [3.8, 4) is 0 Å². The highest BCUT2D eigenvalue weighted by molar-refractivity contribution is 5.18. The molecule has 3 nitrogen and oxygen atoms in total. The van der Waals surface area contributed by atoms with Crippen molar-refractivity contribution in [3.63, 3.8) is 0 Å². The van der Waals surface area contributed by atoms with Gasteiger partial charge in [-0.1, -0.05) is 0 Å². The predicted molar refractivity (Wildman–Crippen MR) is 38.2 cm³/mol. The lowest BCUT2D eigenvalue weighted by molar-refractivity contribution is 0.176. The van der Waals surface area contributed by atoms with Gasteiger partial charge in [-0.15, -0.1) is 0 Å². The van der Waals surface area contributed by atoms with Crippen LogP contribution >= 0.6 is 0 Å². The van der Waals surface area contributed by atoms with E-state index >= 15 is 0 Å². The summed E-state index contributed by atoms with van der Waals surface area (Å²) in [7, 11) is 0. The van der Waals surface area contributed by atoms with E-state index in [0.717, 1.165) is 12.4 Å². The summed E-state index contributed by atoms with van der Waals surface area (Å²) in [6.07, 6.45) is 0.349. The Labute approximate surface area is 67.8 Å². The van der Waals surface area contributed by atoms with E-state index in [2.05, 4.69) is 4.98 Å². The van der Waals surface area contributed by atoms with Crippen LogP contribution in [0.1, 0.15) is 11.7 Å². The molecule has 3 N–H and O–H groups in total. The van der Waals surface area contributed by atoms with Crippen molar-refractivity contribution in [2.45, 2.75) is 6.10 Å². The zero-order valence-electron chi connectivity index (χ0n) is 6.17. The molecule has 0 aliphatic carbocycles. The summed E-state index contributed by atoms with van der Waals surface area (Å²) in [5.41, 5.74) is 4.61. The van der Waals surface area contributed by atoms with Gasteiger partial charge < -0.3 is 10.8 Å². The van der Waals surface area contributed by atoms with Crippen LogP contribution in [0, 0.1) is 11.6 Å². The molecule has 1 aromatic heterocycles. The Kier molecular flexibility index (Phi) is 2.67. The number of aliphatic hydroxyl groups is 1. The molecule has 1 rings (SSSR count). The van der Waals surface area contributed by atoms with Gasteiger partial charge in [-0.2, -0.15) is 0 Å². The number of hydrogen-bond acceptors (Lipinski definition) is 3. The summed E-state index contributed by atoms with van der Waals surface area (Å²) >= 11 is 0. The molecule has 0 aliphatic rings. The van der Waals surface area contributed by atoms with Gasteiger partial charge >= 0.3 is 0 Å². The van der Waals surface area contributed by atoms with Crippen LogP contribution in [0.5, 0.6) is 0 Å². The highest BCUT2D eigenvalue weighted by atomic mass is 19.1. The highest BCUT2D eigenvalue weighted by Crippen LogP contribution is 2.17. The summed E-state index contributed by atoms with van der Waals surface area (Å²) < 4.78 is 25.5. The van der Waals surface area contributed by atoms with Gasteiger partial charge in [0.1, 0.15) is 11.6 Å². The van der Waals surface area contributed by atoms with Crippen LogP contribution in [0.3, 0.4) is 0 Å². The number of aromatic nitrogens is 1. The van der Waals surface area contributed by atoms with Crippen molar-refractivity contribution in [2.75, 3.05) is 6.54 Å². The van der Waals surface area contributed by atoms with Gasteiger partial charge in [0.2, 0.25) is 0 Å². The van der Waals surface area contributed by atoms with E-state index in [1.165, 1.54) is 0 Å². The van der Waals surface area contributed by atoms with Crippen molar-refractivity contribution in [2.24, 2.45) is 5.73 Å². The lowest BCUT2D eigenvalue weighted by Crippen LogP contribution is -2.15. The number of nitrogens with zero attached hydrogens (tertiary/aromatic N) is 1. The molecule has 0 amide bonds. The van der Waals surface area contributed by atoms with Gasteiger partial charge in [0.15, 0.2) is 0 Å².